The molecule has 29 heavy (non-hydrogen) atoms. The second kappa shape index (κ2) is 10.9. The minimum absolute atomic E-state index is 0.00254. The van der Waals surface area contributed by atoms with E-state index in [0.717, 1.165) is 18.4 Å². The number of nitrogens with zero attached hydrogens (tertiary/aromatic N) is 1. The zero-order chi connectivity index (χ0) is 21.4. The Kier molecular flexibility index (Phi) is 8.51. The van der Waals surface area contributed by atoms with E-state index < -0.39 is 23.8 Å². The van der Waals surface area contributed by atoms with Gasteiger partial charge in [0.2, 0.25) is 11.8 Å². The molecule has 0 aromatic heterocycles. The first-order valence-corrected chi connectivity index (χ1v) is 10.2. The van der Waals surface area contributed by atoms with Gasteiger partial charge in [-0.2, -0.15) is 0 Å². The van der Waals surface area contributed by atoms with Gasteiger partial charge in [-0.1, -0.05) is 36.8 Å². The van der Waals surface area contributed by atoms with Crippen LogP contribution in [0.5, 0.6) is 0 Å². The van der Waals surface area contributed by atoms with Crippen LogP contribution in [0.2, 0.25) is 0 Å². The molecule has 1 aromatic rings. The van der Waals surface area contributed by atoms with Gasteiger partial charge in [0.1, 0.15) is 5.78 Å². The number of rotatable bonds is 10. The number of likely N-dealkylation sites (tertiary alicyclic amines) is 1. The van der Waals surface area contributed by atoms with Gasteiger partial charge in [0.25, 0.3) is 0 Å². The zero-order valence-electron chi connectivity index (χ0n) is 17.0. The average Bonchev–Trinajstić information content (AvgIpc) is 2.84. The number of nitrogens with two attached hydrogens (primary N) is 2. The summed E-state index contributed by atoms with van der Waals surface area (Å²) >= 11 is 0. The van der Waals surface area contributed by atoms with E-state index in [1.54, 1.807) is 6.92 Å². The summed E-state index contributed by atoms with van der Waals surface area (Å²) in [4.78, 5) is 50.8. The highest BCUT2D eigenvalue weighted by Gasteiger charge is 2.31. The standard InChI is InChI=1S/C22H31N3O4/c1-15(23)20(27)13-17-9-5-6-10-25(22(17)29)14-19(26)12-18(21(24)28)11-16-7-3-2-4-8-16/h2-4,7-8,15,17-18H,5-6,9-14,23H2,1H3,(H2,24,28)/t15-,17+,18+/m0/s1. The van der Waals surface area contributed by atoms with Gasteiger partial charge in [-0.05, 0) is 31.7 Å². The van der Waals surface area contributed by atoms with Gasteiger partial charge in [-0.25, -0.2) is 0 Å². The van der Waals surface area contributed by atoms with Gasteiger partial charge in [0, 0.05) is 31.2 Å². The summed E-state index contributed by atoms with van der Waals surface area (Å²) in [6.45, 7) is 2.04. The van der Waals surface area contributed by atoms with Crippen molar-refractivity contribution < 1.29 is 19.2 Å². The number of primary amides is 1. The van der Waals surface area contributed by atoms with E-state index >= 15 is 0 Å². The Bertz CT molecular complexity index is 733. The van der Waals surface area contributed by atoms with Crippen LogP contribution in [0.4, 0.5) is 0 Å². The number of carbonyl (C=O) groups excluding carboxylic acids is 4. The second-order valence-electron chi connectivity index (χ2n) is 7.94. The Balaban J connectivity index is 1.98. The predicted molar refractivity (Wildman–Crippen MR) is 110 cm³/mol. The molecule has 3 atom stereocenters. The number of carbonyl (C=O) groups is 4. The van der Waals surface area contributed by atoms with E-state index in [-0.39, 0.29) is 36.9 Å². The fourth-order valence-electron chi connectivity index (χ4n) is 3.68. The van der Waals surface area contributed by atoms with Gasteiger partial charge in [-0.3, -0.25) is 19.2 Å². The van der Waals surface area contributed by atoms with E-state index in [4.69, 9.17) is 11.5 Å². The smallest absolute Gasteiger partial charge is 0.226 e. The molecule has 1 saturated heterocycles. The van der Waals surface area contributed by atoms with Crippen LogP contribution in [0.25, 0.3) is 0 Å². The molecule has 1 aromatic carbocycles. The third kappa shape index (κ3) is 7.09. The number of amides is 2. The molecule has 0 aliphatic carbocycles. The lowest BCUT2D eigenvalue weighted by Crippen LogP contribution is -2.41. The maximum Gasteiger partial charge on any atom is 0.226 e. The highest BCUT2D eigenvalue weighted by atomic mass is 16.2. The van der Waals surface area contributed by atoms with Crippen LogP contribution in [-0.4, -0.2) is 47.4 Å². The molecule has 0 bridgehead atoms. The lowest BCUT2D eigenvalue weighted by molar-refractivity contribution is -0.140. The Morgan fingerprint density at radius 2 is 1.86 bits per heavy atom. The van der Waals surface area contributed by atoms with Crippen LogP contribution in [-0.2, 0) is 25.6 Å². The molecule has 7 nitrogen and oxygen atoms in total. The predicted octanol–water partition coefficient (Wildman–Crippen LogP) is 1.22. The van der Waals surface area contributed by atoms with Gasteiger partial charge < -0.3 is 16.4 Å². The SMILES string of the molecule is C[C@H](N)C(=O)C[C@H]1CCCCN(CC(=O)C[C@@H](Cc2ccccc2)C(N)=O)C1=O. The Morgan fingerprint density at radius 3 is 2.48 bits per heavy atom. The maximum absolute atomic E-state index is 12.8. The number of benzene rings is 1. The summed E-state index contributed by atoms with van der Waals surface area (Å²) in [5.41, 5.74) is 12.1. The number of hydrogen-bond acceptors (Lipinski definition) is 5. The van der Waals surface area contributed by atoms with Gasteiger partial charge in [-0.15, -0.1) is 0 Å². The van der Waals surface area contributed by atoms with E-state index in [0.29, 0.717) is 19.4 Å². The van der Waals surface area contributed by atoms with Crippen molar-refractivity contribution in [2.24, 2.45) is 23.3 Å². The summed E-state index contributed by atoms with van der Waals surface area (Å²) in [7, 11) is 0. The minimum Gasteiger partial charge on any atom is -0.369 e. The Hall–Kier alpha value is -2.54. The van der Waals surface area contributed by atoms with E-state index in [1.807, 2.05) is 30.3 Å². The van der Waals surface area contributed by atoms with E-state index in [9.17, 15) is 19.2 Å². The lowest BCUT2D eigenvalue weighted by Gasteiger charge is -2.24. The van der Waals surface area contributed by atoms with Crippen LogP contribution >= 0.6 is 0 Å². The lowest BCUT2D eigenvalue weighted by atomic mass is 9.93. The van der Waals surface area contributed by atoms with Crippen LogP contribution in [0.1, 0.15) is 44.6 Å². The molecule has 158 valence electrons. The van der Waals surface area contributed by atoms with Crippen molar-refractivity contribution in [1.29, 1.82) is 0 Å². The topological polar surface area (TPSA) is 124 Å². The quantitative estimate of drug-likeness (QED) is 0.610. The number of ketones is 2. The molecular formula is C22H31N3O4. The molecule has 2 amide bonds. The van der Waals surface area contributed by atoms with Crippen molar-refractivity contribution in [1.82, 2.24) is 4.90 Å². The monoisotopic (exact) mass is 401 g/mol. The molecule has 2 rings (SSSR count). The van der Waals surface area contributed by atoms with Gasteiger partial charge in [0.15, 0.2) is 5.78 Å². The third-order valence-electron chi connectivity index (χ3n) is 5.42. The summed E-state index contributed by atoms with van der Waals surface area (Å²) in [5.74, 6) is -2.08. The van der Waals surface area contributed by atoms with Crippen LogP contribution in [0.3, 0.4) is 0 Å². The highest BCUT2D eigenvalue weighted by molar-refractivity contribution is 5.92. The molecule has 1 aliphatic heterocycles. The Labute approximate surface area is 171 Å². The van der Waals surface area contributed by atoms with Crippen molar-refractivity contribution in [3.63, 3.8) is 0 Å². The summed E-state index contributed by atoms with van der Waals surface area (Å²) in [5, 5.41) is 0. The molecule has 7 heteroatoms. The fraction of sp³-hybridized carbons (Fsp3) is 0.545. The molecule has 1 fully saturated rings. The van der Waals surface area contributed by atoms with E-state index in [2.05, 4.69) is 0 Å². The molecule has 0 saturated carbocycles. The molecule has 1 heterocycles. The molecule has 0 radical (unpaired) electrons. The first-order valence-electron chi connectivity index (χ1n) is 10.2. The minimum atomic E-state index is -0.609. The van der Waals surface area contributed by atoms with Crippen molar-refractivity contribution >= 4 is 23.4 Å². The van der Waals surface area contributed by atoms with Gasteiger partial charge in [0.05, 0.1) is 12.6 Å². The fourth-order valence-corrected chi connectivity index (χ4v) is 3.68. The van der Waals surface area contributed by atoms with Crippen molar-refractivity contribution in [3.05, 3.63) is 35.9 Å². The van der Waals surface area contributed by atoms with Crippen LogP contribution < -0.4 is 11.5 Å². The molecule has 4 N–H and O–H groups in total. The maximum atomic E-state index is 12.8. The first-order chi connectivity index (χ1) is 13.8. The summed E-state index contributed by atoms with van der Waals surface area (Å²) < 4.78 is 0. The van der Waals surface area contributed by atoms with Crippen LogP contribution in [0, 0.1) is 11.8 Å². The van der Waals surface area contributed by atoms with Crippen molar-refractivity contribution in [3.8, 4) is 0 Å². The number of hydrogen-bond donors (Lipinski definition) is 2. The van der Waals surface area contributed by atoms with E-state index in [1.165, 1.54) is 4.90 Å². The first kappa shape index (κ1) is 22.7. The Morgan fingerprint density at radius 1 is 1.17 bits per heavy atom. The summed E-state index contributed by atoms with van der Waals surface area (Å²) in [6, 6.07) is 8.79. The molecule has 0 spiro atoms. The van der Waals surface area contributed by atoms with Crippen molar-refractivity contribution in [2.75, 3.05) is 13.1 Å². The third-order valence-corrected chi connectivity index (χ3v) is 5.42. The van der Waals surface area contributed by atoms with Gasteiger partial charge >= 0.3 is 0 Å². The zero-order valence-corrected chi connectivity index (χ0v) is 17.0. The highest BCUT2D eigenvalue weighted by Crippen LogP contribution is 2.22. The van der Waals surface area contributed by atoms with Crippen molar-refractivity contribution in [2.45, 2.75) is 51.5 Å². The second-order valence-corrected chi connectivity index (χ2v) is 7.94. The number of Topliss-reactive ketones (excluding diaryl/α,β-unsaturated/α-hetero) is 2. The average molecular weight is 402 g/mol. The summed E-state index contributed by atoms with van der Waals surface area (Å²) in [6.07, 6.45) is 2.73. The molecular weight excluding hydrogens is 370 g/mol. The molecule has 0 unspecified atom stereocenters. The molecule has 1 aliphatic rings. The largest absolute Gasteiger partial charge is 0.369 e. The normalized spacial score (nSPS) is 19.3. The van der Waals surface area contributed by atoms with Crippen LogP contribution in [0.15, 0.2) is 30.3 Å².